The van der Waals surface area contributed by atoms with Gasteiger partial charge in [0.05, 0.1) is 0 Å². The number of hydrogen-bond donors (Lipinski definition) is 1. The SMILES string of the molecule is CC(CCN)CCC(=O)N1CCC2CCCCC2C1. The molecule has 19 heavy (non-hydrogen) atoms. The highest BCUT2D eigenvalue weighted by Gasteiger charge is 2.32. The van der Waals surface area contributed by atoms with E-state index in [0.29, 0.717) is 11.8 Å². The quantitative estimate of drug-likeness (QED) is 0.831. The molecular formula is C16H30N2O. The van der Waals surface area contributed by atoms with Crippen molar-refractivity contribution in [2.45, 2.75) is 58.3 Å². The Hall–Kier alpha value is -0.570. The minimum absolute atomic E-state index is 0.382. The average Bonchev–Trinajstić information content (AvgIpc) is 2.44. The Balaban J connectivity index is 1.74. The van der Waals surface area contributed by atoms with E-state index >= 15 is 0 Å². The predicted octanol–water partition coefficient (Wildman–Crippen LogP) is 2.79. The van der Waals surface area contributed by atoms with Gasteiger partial charge in [-0.1, -0.05) is 26.2 Å². The molecule has 2 aliphatic rings. The molecule has 0 bridgehead atoms. The summed E-state index contributed by atoms with van der Waals surface area (Å²) in [6.45, 7) is 4.98. The Morgan fingerprint density at radius 1 is 1.21 bits per heavy atom. The van der Waals surface area contributed by atoms with Crippen molar-refractivity contribution in [2.24, 2.45) is 23.5 Å². The van der Waals surface area contributed by atoms with Crippen LogP contribution in [0.3, 0.4) is 0 Å². The molecule has 0 aromatic rings. The Morgan fingerprint density at radius 2 is 1.95 bits per heavy atom. The number of piperidine rings is 1. The highest BCUT2D eigenvalue weighted by atomic mass is 16.2. The zero-order valence-electron chi connectivity index (χ0n) is 12.4. The van der Waals surface area contributed by atoms with Crippen molar-refractivity contribution in [2.75, 3.05) is 19.6 Å². The van der Waals surface area contributed by atoms with Crippen LogP contribution in [0.1, 0.15) is 58.3 Å². The highest BCUT2D eigenvalue weighted by molar-refractivity contribution is 5.76. The summed E-state index contributed by atoms with van der Waals surface area (Å²) in [6, 6.07) is 0. The first kappa shape index (κ1) is 14.8. The van der Waals surface area contributed by atoms with E-state index < -0.39 is 0 Å². The maximum atomic E-state index is 12.3. The van der Waals surface area contributed by atoms with Crippen molar-refractivity contribution in [1.29, 1.82) is 0 Å². The van der Waals surface area contributed by atoms with Crippen LogP contribution in [0.25, 0.3) is 0 Å². The second-order valence-electron chi connectivity index (χ2n) is 6.65. The molecule has 1 amide bonds. The second kappa shape index (κ2) is 7.28. The first-order valence-electron chi connectivity index (χ1n) is 8.18. The van der Waals surface area contributed by atoms with Gasteiger partial charge in [0.2, 0.25) is 5.91 Å². The van der Waals surface area contributed by atoms with Gasteiger partial charge in [-0.05, 0) is 50.0 Å². The van der Waals surface area contributed by atoms with E-state index in [1.165, 1.54) is 32.1 Å². The lowest BCUT2D eigenvalue weighted by Crippen LogP contribution is -2.44. The molecule has 2 fully saturated rings. The molecule has 1 aliphatic carbocycles. The molecule has 0 aromatic carbocycles. The summed E-state index contributed by atoms with van der Waals surface area (Å²) in [7, 11) is 0. The lowest BCUT2D eigenvalue weighted by atomic mass is 9.75. The van der Waals surface area contributed by atoms with Gasteiger partial charge in [0, 0.05) is 19.5 Å². The molecule has 3 unspecified atom stereocenters. The van der Waals surface area contributed by atoms with E-state index in [9.17, 15) is 4.79 Å². The summed E-state index contributed by atoms with van der Waals surface area (Å²) in [6.07, 6.45) is 9.53. The Labute approximate surface area is 117 Å². The average molecular weight is 266 g/mol. The number of nitrogens with zero attached hydrogens (tertiary/aromatic N) is 1. The first-order valence-corrected chi connectivity index (χ1v) is 8.18. The largest absolute Gasteiger partial charge is 0.342 e. The molecule has 3 nitrogen and oxygen atoms in total. The third-order valence-corrected chi connectivity index (χ3v) is 5.15. The summed E-state index contributed by atoms with van der Waals surface area (Å²) in [5.74, 6) is 2.68. The fourth-order valence-corrected chi connectivity index (χ4v) is 3.78. The third kappa shape index (κ3) is 4.20. The van der Waals surface area contributed by atoms with Crippen LogP contribution in [-0.4, -0.2) is 30.4 Å². The summed E-state index contributed by atoms with van der Waals surface area (Å²) >= 11 is 0. The Bertz CT molecular complexity index is 292. The smallest absolute Gasteiger partial charge is 0.222 e. The van der Waals surface area contributed by atoms with Crippen molar-refractivity contribution in [3.05, 3.63) is 0 Å². The standard InChI is InChI=1S/C16H30N2O/c1-13(8-10-17)6-7-16(19)18-11-9-14-4-2-3-5-15(14)12-18/h13-15H,2-12,17H2,1H3. The number of carbonyl (C=O) groups excluding carboxylic acids is 1. The zero-order valence-corrected chi connectivity index (χ0v) is 12.4. The molecule has 0 radical (unpaired) electrons. The fraction of sp³-hybridized carbons (Fsp3) is 0.938. The van der Waals surface area contributed by atoms with Crippen molar-refractivity contribution < 1.29 is 4.79 Å². The summed E-state index contributed by atoms with van der Waals surface area (Å²) < 4.78 is 0. The molecule has 2 rings (SSSR count). The lowest BCUT2D eigenvalue weighted by Gasteiger charge is -2.41. The molecule has 1 saturated carbocycles. The molecule has 110 valence electrons. The molecular weight excluding hydrogens is 236 g/mol. The number of hydrogen-bond acceptors (Lipinski definition) is 2. The maximum absolute atomic E-state index is 12.3. The number of amides is 1. The van der Waals surface area contributed by atoms with Crippen LogP contribution in [0.4, 0.5) is 0 Å². The van der Waals surface area contributed by atoms with Gasteiger partial charge in [-0.2, -0.15) is 0 Å². The Kier molecular flexibility index (Phi) is 5.68. The van der Waals surface area contributed by atoms with E-state index in [4.69, 9.17) is 5.73 Å². The number of rotatable bonds is 5. The predicted molar refractivity (Wildman–Crippen MR) is 78.7 cm³/mol. The van der Waals surface area contributed by atoms with Crippen LogP contribution in [0, 0.1) is 17.8 Å². The maximum Gasteiger partial charge on any atom is 0.222 e. The van der Waals surface area contributed by atoms with Crippen LogP contribution < -0.4 is 5.73 Å². The van der Waals surface area contributed by atoms with Crippen molar-refractivity contribution in [1.82, 2.24) is 4.90 Å². The molecule has 3 atom stereocenters. The number of carbonyl (C=O) groups is 1. The van der Waals surface area contributed by atoms with E-state index in [2.05, 4.69) is 11.8 Å². The van der Waals surface area contributed by atoms with Crippen LogP contribution in [0.15, 0.2) is 0 Å². The minimum Gasteiger partial charge on any atom is -0.342 e. The van der Waals surface area contributed by atoms with Gasteiger partial charge in [-0.15, -0.1) is 0 Å². The van der Waals surface area contributed by atoms with Gasteiger partial charge in [-0.3, -0.25) is 4.79 Å². The highest BCUT2D eigenvalue weighted by Crippen LogP contribution is 2.36. The van der Waals surface area contributed by atoms with Crippen LogP contribution in [-0.2, 0) is 4.79 Å². The molecule has 0 spiro atoms. The summed E-state index contributed by atoms with van der Waals surface area (Å²) in [5, 5.41) is 0. The molecule has 2 N–H and O–H groups in total. The van der Waals surface area contributed by atoms with E-state index in [0.717, 1.165) is 50.7 Å². The molecule has 1 saturated heterocycles. The number of fused-ring (bicyclic) bond motifs is 1. The van der Waals surface area contributed by atoms with Crippen molar-refractivity contribution >= 4 is 5.91 Å². The lowest BCUT2D eigenvalue weighted by molar-refractivity contribution is -0.134. The second-order valence-corrected chi connectivity index (χ2v) is 6.65. The van der Waals surface area contributed by atoms with Gasteiger partial charge < -0.3 is 10.6 Å². The molecule has 1 aliphatic heterocycles. The molecule has 3 heteroatoms. The summed E-state index contributed by atoms with van der Waals surface area (Å²) in [4.78, 5) is 14.4. The topological polar surface area (TPSA) is 46.3 Å². The summed E-state index contributed by atoms with van der Waals surface area (Å²) in [5.41, 5.74) is 5.56. The van der Waals surface area contributed by atoms with E-state index in [1.807, 2.05) is 0 Å². The van der Waals surface area contributed by atoms with Crippen molar-refractivity contribution in [3.63, 3.8) is 0 Å². The minimum atomic E-state index is 0.382. The number of likely N-dealkylation sites (tertiary alicyclic amines) is 1. The van der Waals surface area contributed by atoms with Crippen LogP contribution in [0.2, 0.25) is 0 Å². The zero-order chi connectivity index (χ0) is 13.7. The van der Waals surface area contributed by atoms with Crippen LogP contribution in [0.5, 0.6) is 0 Å². The van der Waals surface area contributed by atoms with Gasteiger partial charge in [0.1, 0.15) is 0 Å². The van der Waals surface area contributed by atoms with Crippen LogP contribution >= 0.6 is 0 Å². The van der Waals surface area contributed by atoms with Gasteiger partial charge in [0.15, 0.2) is 0 Å². The third-order valence-electron chi connectivity index (χ3n) is 5.15. The fourth-order valence-electron chi connectivity index (χ4n) is 3.78. The van der Waals surface area contributed by atoms with Gasteiger partial charge in [0.25, 0.3) is 0 Å². The first-order chi connectivity index (χ1) is 9.20. The Morgan fingerprint density at radius 3 is 2.68 bits per heavy atom. The van der Waals surface area contributed by atoms with Gasteiger partial charge >= 0.3 is 0 Å². The van der Waals surface area contributed by atoms with Gasteiger partial charge in [-0.25, -0.2) is 0 Å². The number of nitrogens with two attached hydrogens (primary N) is 1. The normalized spacial score (nSPS) is 28.8. The van der Waals surface area contributed by atoms with E-state index in [-0.39, 0.29) is 0 Å². The monoisotopic (exact) mass is 266 g/mol. The molecule has 0 aromatic heterocycles. The molecule has 1 heterocycles. The van der Waals surface area contributed by atoms with Crippen molar-refractivity contribution in [3.8, 4) is 0 Å². The van der Waals surface area contributed by atoms with E-state index in [1.54, 1.807) is 0 Å².